The van der Waals surface area contributed by atoms with Crippen molar-refractivity contribution in [2.75, 3.05) is 5.32 Å². The molecule has 1 aromatic heterocycles. The van der Waals surface area contributed by atoms with E-state index in [0.29, 0.717) is 12.8 Å². The smallest absolute Gasteiger partial charge is 0.407 e. The molecule has 0 bridgehead atoms. The fraction of sp³-hybridized carbons (Fsp3) is 0.421. The van der Waals surface area contributed by atoms with Gasteiger partial charge in [0, 0.05) is 17.9 Å². The Morgan fingerprint density at radius 3 is 2.50 bits per heavy atom. The van der Waals surface area contributed by atoms with Crippen LogP contribution >= 0.6 is 0 Å². The molecule has 0 unspecified atom stereocenters. The monoisotopic (exact) mass is 435 g/mol. The van der Waals surface area contributed by atoms with Crippen LogP contribution in [0.4, 0.5) is 20.8 Å². The zero-order chi connectivity index (χ0) is 21.5. The molecule has 0 spiro atoms. The van der Waals surface area contributed by atoms with Crippen LogP contribution in [-0.2, 0) is 14.8 Å². The molecule has 0 atom stereocenters. The fourth-order valence-electron chi connectivity index (χ4n) is 3.18. The minimum Gasteiger partial charge on any atom is -0.446 e. The second kappa shape index (κ2) is 7.47. The van der Waals surface area contributed by atoms with E-state index in [2.05, 4.69) is 20.6 Å². The number of anilines is 2. The summed E-state index contributed by atoms with van der Waals surface area (Å²) in [6.45, 7) is 1.99. The van der Waals surface area contributed by atoms with Crippen molar-refractivity contribution in [2.24, 2.45) is 5.14 Å². The third-order valence-electron chi connectivity index (χ3n) is 5.43. The van der Waals surface area contributed by atoms with Gasteiger partial charge in [0.2, 0.25) is 16.0 Å². The van der Waals surface area contributed by atoms with Gasteiger partial charge >= 0.3 is 6.09 Å². The lowest BCUT2D eigenvalue weighted by atomic mass is 9.78. The van der Waals surface area contributed by atoms with Crippen LogP contribution in [-0.4, -0.2) is 36.1 Å². The predicted octanol–water partition coefficient (Wildman–Crippen LogP) is 2.53. The van der Waals surface area contributed by atoms with Gasteiger partial charge in [0.25, 0.3) is 0 Å². The van der Waals surface area contributed by atoms with Gasteiger partial charge in [-0.1, -0.05) is 0 Å². The number of carbonyl (C=O) groups excluding carboxylic acids is 1. The summed E-state index contributed by atoms with van der Waals surface area (Å²) in [6.07, 6.45) is 6.14. The van der Waals surface area contributed by atoms with Crippen LogP contribution in [0.15, 0.2) is 35.5 Å². The molecule has 1 amide bonds. The van der Waals surface area contributed by atoms with Crippen molar-refractivity contribution in [3.63, 3.8) is 0 Å². The van der Waals surface area contributed by atoms with Gasteiger partial charge in [0.05, 0.1) is 10.6 Å². The highest BCUT2D eigenvalue weighted by molar-refractivity contribution is 7.89. The highest BCUT2D eigenvalue weighted by atomic mass is 32.2. The molecule has 2 fully saturated rings. The molecule has 9 nitrogen and oxygen atoms in total. The molecular formula is C19H22FN5O4S. The Labute approximate surface area is 173 Å². The molecule has 2 aliphatic carbocycles. The van der Waals surface area contributed by atoms with Crippen LogP contribution in [0.3, 0.4) is 0 Å². The maximum absolute atomic E-state index is 14.1. The van der Waals surface area contributed by atoms with E-state index in [1.807, 2.05) is 6.92 Å². The summed E-state index contributed by atoms with van der Waals surface area (Å²) in [7, 11) is -3.98. The summed E-state index contributed by atoms with van der Waals surface area (Å²) in [5.74, 6) is -0.421. The van der Waals surface area contributed by atoms with Gasteiger partial charge in [-0.15, -0.1) is 0 Å². The summed E-state index contributed by atoms with van der Waals surface area (Å²) < 4.78 is 42.1. The fourth-order valence-corrected chi connectivity index (χ4v) is 3.71. The Morgan fingerprint density at radius 1 is 1.27 bits per heavy atom. The van der Waals surface area contributed by atoms with E-state index >= 15 is 0 Å². The molecule has 2 saturated carbocycles. The average Bonchev–Trinajstić information content (AvgIpc) is 3.36. The van der Waals surface area contributed by atoms with Gasteiger partial charge < -0.3 is 15.4 Å². The van der Waals surface area contributed by atoms with Gasteiger partial charge in [-0.25, -0.2) is 32.7 Å². The topological polar surface area (TPSA) is 136 Å². The molecule has 0 aliphatic heterocycles. The van der Waals surface area contributed by atoms with Crippen LogP contribution in [0, 0.1) is 5.82 Å². The summed E-state index contributed by atoms with van der Waals surface area (Å²) in [4.78, 5) is 19.9. The molecule has 1 aromatic carbocycles. The molecule has 11 heteroatoms. The highest BCUT2D eigenvalue weighted by Gasteiger charge is 2.41. The number of aromatic nitrogens is 2. The van der Waals surface area contributed by atoms with Crippen molar-refractivity contribution in [3.8, 4) is 0 Å². The summed E-state index contributed by atoms with van der Waals surface area (Å²) in [5, 5.41) is 10.6. The average molecular weight is 435 g/mol. The molecule has 1 heterocycles. The number of nitrogens with one attached hydrogen (secondary N) is 2. The Morgan fingerprint density at radius 2 is 1.93 bits per heavy atom. The molecule has 160 valence electrons. The first-order valence-corrected chi connectivity index (χ1v) is 11.1. The number of halogens is 1. The number of nitrogens with zero attached hydrogens (tertiary/aromatic N) is 2. The van der Waals surface area contributed by atoms with E-state index in [1.165, 1.54) is 12.1 Å². The zero-order valence-corrected chi connectivity index (χ0v) is 17.1. The third kappa shape index (κ3) is 4.68. The number of sulfonamides is 1. The van der Waals surface area contributed by atoms with Crippen molar-refractivity contribution in [3.05, 3.63) is 42.0 Å². The Balaban J connectivity index is 1.30. The number of benzene rings is 1. The van der Waals surface area contributed by atoms with Crippen LogP contribution in [0.5, 0.6) is 0 Å². The Kier molecular flexibility index (Phi) is 5.10. The number of hydrogen-bond acceptors (Lipinski definition) is 7. The first kappa shape index (κ1) is 20.5. The van der Waals surface area contributed by atoms with E-state index in [9.17, 15) is 17.6 Å². The third-order valence-corrected chi connectivity index (χ3v) is 6.34. The lowest BCUT2D eigenvalue weighted by Gasteiger charge is -2.34. The minimum atomic E-state index is -3.98. The molecule has 4 N–H and O–H groups in total. The van der Waals surface area contributed by atoms with E-state index in [1.54, 1.807) is 12.4 Å². The van der Waals surface area contributed by atoms with Crippen molar-refractivity contribution in [2.45, 2.75) is 55.1 Å². The first-order valence-electron chi connectivity index (χ1n) is 9.51. The van der Waals surface area contributed by atoms with Gasteiger partial charge in [-0.2, -0.15) is 0 Å². The molecule has 0 saturated heterocycles. The van der Waals surface area contributed by atoms with Crippen molar-refractivity contribution in [1.82, 2.24) is 15.3 Å². The largest absolute Gasteiger partial charge is 0.446 e. The number of nitrogens with two attached hydrogens (primary N) is 1. The van der Waals surface area contributed by atoms with E-state index in [0.717, 1.165) is 24.5 Å². The van der Waals surface area contributed by atoms with Crippen molar-refractivity contribution in [1.29, 1.82) is 0 Å². The normalized spacial score (nSPS) is 22.0. The Hall–Kier alpha value is -2.79. The lowest BCUT2D eigenvalue weighted by Crippen LogP contribution is -2.40. The van der Waals surface area contributed by atoms with Crippen LogP contribution in [0.1, 0.15) is 44.1 Å². The van der Waals surface area contributed by atoms with E-state index in [-0.39, 0.29) is 40.2 Å². The number of amides is 1. The second-order valence-corrected chi connectivity index (χ2v) is 9.59. The molecule has 2 aliphatic rings. The standard InChI is InChI=1S/C19H22FN5O4S/c1-19(4-5-19)25-18(26)29-13-6-11(7-13)12-9-22-17(23-10-12)24-16-3-2-14(8-15(16)20)30(21,27)28/h2-3,8-11,13H,4-7H2,1H3,(H,25,26)(H2,21,27,28)(H,22,23,24). The number of rotatable bonds is 6. The summed E-state index contributed by atoms with van der Waals surface area (Å²) >= 11 is 0. The van der Waals surface area contributed by atoms with E-state index in [4.69, 9.17) is 9.88 Å². The van der Waals surface area contributed by atoms with Gasteiger partial charge in [-0.3, -0.25) is 0 Å². The number of carbonyl (C=O) groups is 1. The maximum Gasteiger partial charge on any atom is 0.407 e. The van der Waals surface area contributed by atoms with Crippen LogP contribution < -0.4 is 15.8 Å². The number of ether oxygens (including phenoxy) is 1. The Bertz CT molecular complexity index is 1070. The van der Waals surface area contributed by atoms with Crippen molar-refractivity contribution >= 4 is 27.8 Å². The van der Waals surface area contributed by atoms with Gasteiger partial charge in [0.1, 0.15) is 11.9 Å². The summed E-state index contributed by atoms with van der Waals surface area (Å²) in [5.41, 5.74) is 0.831. The number of hydrogen-bond donors (Lipinski definition) is 3. The predicted molar refractivity (Wildman–Crippen MR) is 106 cm³/mol. The van der Waals surface area contributed by atoms with Crippen molar-refractivity contribution < 1.29 is 22.3 Å². The zero-order valence-electron chi connectivity index (χ0n) is 16.3. The number of alkyl carbamates (subject to hydrolysis) is 1. The molecule has 0 radical (unpaired) electrons. The van der Waals surface area contributed by atoms with Crippen LogP contribution in [0.25, 0.3) is 0 Å². The second-order valence-electron chi connectivity index (χ2n) is 8.03. The molecular weight excluding hydrogens is 413 g/mol. The quantitative estimate of drug-likeness (QED) is 0.634. The highest BCUT2D eigenvalue weighted by Crippen LogP contribution is 2.39. The van der Waals surface area contributed by atoms with Gasteiger partial charge in [0.15, 0.2) is 0 Å². The maximum atomic E-state index is 14.1. The first-order chi connectivity index (χ1) is 14.1. The molecule has 30 heavy (non-hydrogen) atoms. The molecule has 4 rings (SSSR count). The minimum absolute atomic E-state index is 0.0302. The van der Waals surface area contributed by atoms with E-state index < -0.39 is 15.8 Å². The van der Waals surface area contributed by atoms with Crippen LogP contribution in [0.2, 0.25) is 0 Å². The molecule has 2 aromatic rings. The lowest BCUT2D eigenvalue weighted by molar-refractivity contribution is 0.0373. The SMILES string of the molecule is CC1(NC(=O)OC2CC(c3cnc(Nc4ccc(S(N)(=O)=O)cc4F)nc3)C2)CC1. The number of primary sulfonamides is 1. The van der Waals surface area contributed by atoms with Gasteiger partial charge in [-0.05, 0) is 62.3 Å². The summed E-state index contributed by atoms with van der Waals surface area (Å²) in [6, 6.07) is 3.29.